The summed E-state index contributed by atoms with van der Waals surface area (Å²) in [6.45, 7) is 2.43. The van der Waals surface area contributed by atoms with Gasteiger partial charge in [-0.25, -0.2) is 9.78 Å². The third kappa shape index (κ3) is 3.97. The number of carbonyl (C=O) groups is 1. The molecule has 0 aliphatic rings. The van der Waals surface area contributed by atoms with Crippen molar-refractivity contribution in [1.82, 2.24) is 14.9 Å². The van der Waals surface area contributed by atoms with Crippen molar-refractivity contribution in [2.45, 2.75) is 13.5 Å². The summed E-state index contributed by atoms with van der Waals surface area (Å²) in [5.74, 6) is 0. The molecule has 3 aromatic rings. The summed E-state index contributed by atoms with van der Waals surface area (Å²) in [5, 5.41) is 5.88. The number of aryl methyl sites for hydroxylation is 1. The Morgan fingerprint density at radius 3 is 2.83 bits per heavy atom. The molecule has 0 saturated heterocycles. The quantitative estimate of drug-likeness (QED) is 0.776. The Bertz CT molecular complexity index is 832. The van der Waals surface area contributed by atoms with E-state index in [1.165, 1.54) is 0 Å². The van der Waals surface area contributed by atoms with Crippen molar-refractivity contribution in [3.05, 3.63) is 65.4 Å². The average molecular weight is 338 g/mol. The van der Waals surface area contributed by atoms with Gasteiger partial charge in [0.15, 0.2) is 0 Å². The Hall–Kier alpha value is -2.73. The number of rotatable bonds is 4. The predicted octanol–water partition coefficient (Wildman–Crippen LogP) is 4.18. The summed E-state index contributed by atoms with van der Waals surface area (Å²) in [4.78, 5) is 22.7. The molecule has 0 spiro atoms. The van der Waals surface area contributed by atoms with E-state index >= 15 is 0 Å². The maximum absolute atomic E-state index is 12.3. The first-order valence-electron chi connectivity index (χ1n) is 7.56. The van der Waals surface area contributed by atoms with E-state index in [4.69, 9.17) is 0 Å². The third-order valence-electron chi connectivity index (χ3n) is 3.45. The molecule has 5 nitrogen and oxygen atoms in total. The number of amides is 2. The van der Waals surface area contributed by atoms with Crippen LogP contribution < -0.4 is 5.32 Å². The van der Waals surface area contributed by atoms with E-state index in [1.54, 1.807) is 29.5 Å². The van der Waals surface area contributed by atoms with E-state index < -0.39 is 0 Å². The molecule has 2 heterocycles. The molecule has 3 rings (SSSR count). The summed E-state index contributed by atoms with van der Waals surface area (Å²) >= 11 is 1.60. The van der Waals surface area contributed by atoms with Crippen LogP contribution in [-0.2, 0) is 6.54 Å². The van der Waals surface area contributed by atoms with Crippen LogP contribution in [0.4, 0.5) is 10.5 Å². The van der Waals surface area contributed by atoms with Gasteiger partial charge >= 0.3 is 6.03 Å². The maximum atomic E-state index is 12.3. The summed E-state index contributed by atoms with van der Waals surface area (Å²) in [6.07, 6.45) is 1.72. The highest BCUT2D eigenvalue weighted by molar-refractivity contribution is 7.13. The van der Waals surface area contributed by atoms with Gasteiger partial charge in [0.05, 0.1) is 12.2 Å². The standard InChI is InChI=1S/C18H18N4OS/c1-13-12-24-17(20-13)14-6-5-8-15(10-14)21-18(23)22(2)11-16-7-3-4-9-19-16/h3-10,12H,11H2,1-2H3,(H,21,23). The normalized spacial score (nSPS) is 10.4. The van der Waals surface area contributed by atoms with Crippen LogP contribution in [0.15, 0.2) is 54.0 Å². The molecule has 0 atom stereocenters. The average Bonchev–Trinajstić information content (AvgIpc) is 3.02. The lowest BCUT2D eigenvalue weighted by molar-refractivity contribution is 0.220. The molecule has 0 fully saturated rings. The van der Waals surface area contributed by atoms with Crippen LogP contribution in [-0.4, -0.2) is 27.9 Å². The molecule has 2 amide bonds. The van der Waals surface area contributed by atoms with Gasteiger partial charge in [-0.05, 0) is 31.2 Å². The van der Waals surface area contributed by atoms with Gasteiger partial charge < -0.3 is 10.2 Å². The number of carbonyl (C=O) groups excluding carboxylic acids is 1. The second-order valence-corrected chi connectivity index (χ2v) is 6.34. The molecule has 122 valence electrons. The Morgan fingerprint density at radius 1 is 1.25 bits per heavy atom. The Kier molecular flexibility index (Phi) is 4.86. The second-order valence-electron chi connectivity index (χ2n) is 5.48. The van der Waals surface area contributed by atoms with Crippen LogP contribution in [0.2, 0.25) is 0 Å². The zero-order valence-electron chi connectivity index (χ0n) is 13.6. The molecule has 0 unspecified atom stereocenters. The monoisotopic (exact) mass is 338 g/mol. The van der Waals surface area contributed by atoms with Gasteiger partial charge in [-0.1, -0.05) is 18.2 Å². The van der Waals surface area contributed by atoms with Gasteiger partial charge in [0.25, 0.3) is 0 Å². The van der Waals surface area contributed by atoms with E-state index in [1.807, 2.05) is 54.8 Å². The third-order valence-corrected chi connectivity index (χ3v) is 4.46. The molecule has 0 saturated carbocycles. The SMILES string of the molecule is Cc1csc(-c2cccc(NC(=O)N(C)Cc3ccccn3)c2)n1. The van der Waals surface area contributed by atoms with Crippen molar-refractivity contribution in [3.8, 4) is 10.6 Å². The molecule has 0 aliphatic heterocycles. The minimum atomic E-state index is -0.173. The fourth-order valence-electron chi connectivity index (χ4n) is 2.24. The topological polar surface area (TPSA) is 58.1 Å². The summed E-state index contributed by atoms with van der Waals surface area (Å²) in [5.41, 5.74) is 3.60. The van der Waals surface area contributed by atoms with Gasteiger partial charge in [0.2, 0.25) is 0 Å². The van der Waals surface area contributed by atoms with E-state index in [2.05, 4.69) is 15.3 Å². The number of pyridine rings is 1. The molecule has 0 radical (unpaired) electrons. The highest BCUT2D eigenvalue weighted by Crippen LogP contribution is 2.25. The predicted molar refractivity (Wildman–Crippen MR) is 97.0 cm³/mol. The van der Waals surface area contributed by atoms with E-state index in [-0.39, 0.29) is 6.03 Å². The highest BCUT2D eigenvalue weighted by atomic mass is 32.1. The molecular weight excluding hydrogens is 320 g/mol. The first-order valence-corrected chi connectivity index (χ1v) is 8.44. The van der Waals surface area contributed by atoms with Crippen LogP contribution in [0.5, 0.6) is 0 Å². The lowest BCUT2D eigenvalue weighted by Crippen LogP contribution is -2.31. The number of hydrogen-bond acceptors (Lipinski definition) is 4. The van der Waals surface area contributed by atoms with Crippen LogP contribution in [0, 0.1) is 6.92 Å². The molecule has 24 heavy (non-hydrogen) atoms. The first-order chi connectivity index (χ1) is 11.6. The molecule has 1 aromatic carbocycles. The minimum Gasteiger partial charge on any atom is -0.322 e. The number of aromatic nitrogens is 2. The van der Waals surface area contributed by atoms with Gasteiger partial charge in [-0.2, -0.15) is 0 Å². The fraction of sp³-hybridized carbons (Fsp3) is 0.167. The lowest BCUT2D eigenvalue weighted by Gasteiger charge is -2.17. The summed E-state index contributed by atoms with van der Waals surface area (Å²) in [7, 11) is 1.75. The zero-order valence-corrected chi connectivity index (χ0v) is 14.4. The van der Waals surface area contributed by atoms with Crippen molar-refractivity contribution in [3.63, 3.8) is 0 Å². The molecule has 1 N–H and O–H groups in total. The number of nitrogens with one attached hydrogen (secondary N) is 1. The summed E-state index contributed by atoms with van der Waals surface area (Å²) in [6, 6.07) is 13.2. The number of hydrogen-bond donors (Lipinski definition) is 1. The van der Waals surface area contributed by atoms with Gasteiger partial charge in [0.1, 0.15) is 5.01 Å². The van der Waals surface area contributed by atoms with Gasteiger partial charge in [0, 0.05) is 35.6 Å². The Morgan fingerprint density at radius 2 is 2.12 bits per heavy atom. The number of benzene rings is 1. The largest absolute Gasteiger partial charge is 0.322 e. The Balaban J connectivity index is 1.68. The van der Waals surface area contributed by atoms with Crippen LogP contribution in [0.25, 0.3) is 10.6 Å². The minimum absolute atomic E-state index is 0.173. The maximum Gasteiger partial charge on any atom is 0.321 e. The van der Waals surface area contributed by atoms with Gasteiger partial charge in [-0.3, -0.25) is 4.98 Å². The van der Waals surface area contributed by atoms with Crippen LogP contribution in [0.1, 0.15) is 11.4 Å². The van der Waals surface area contributed by atoms with Crippen LogP contribution in [0.3, 0.4) is 0 Å². The van der Waals surface area contributed by atoms with E-state index in [0.717, 1.165) is 27.6 Å². The first kappa shape index (κ1) is 16.1. The van der Waals surface area contributed by atoms with E-state index in [0.29, 0.717) is 6.54 Å². The van der Waals surface area contributed by atoms with Crippen molar-refractivity contribution in [1.29, 1.82) is 0 Å². The highest BCUT2D eigenvalue weighted by Gasteiger charge is 2.11. The second kappa shape index (κ2) is 7.23. The number of nitrogens with zero attached hydrogens (tertiary/aromatic N) is 3. The number of thiazole rings is 1. The van der Waals surface area contributed by atoms with Crippen molar-refractivity contribution in [2.75, 3.05) is 12.4 Å². The molecule has 0 aliphatic carbocycles. The van der Waals surface area contributed by atoms with Crippen molar-refractivity contribution >= 4 is 23.1 Å². The van der Waals surface area contributed by atoms with Crippen molar-refractivity contribution in [2.24, 2.45) is 0 Å². The van der Waals surface area contributed by atoms with Crippen molar-refractivity contribution < 1.29 is 4.79 Å². The Labute approximate surface area is 145 Å². The van der Waals surface area contributed by atoms with E-state index in [9.17, 15) is 4.79 Å². The molecule has 0 bridgehead atoms. The molecular formula is C18H18N4OS. The fourth-order valence-corrected chi connectivity index (χ4v) is 3.04. The van der Waals surface area contributed by atoms with Crippen LogP contribution >= 0.6 is 11.3 Å². The molecule has 2 aromatic heterocycles. The summed E-state index contributed by atoms with van der Waals surface area (Å²) < 4.78 is 0. The number of urea groups is 1. The molecule has 6 heteroatoms. The smallest absolute Gasteiger partial charge is 0.321 e. The lowest BCUT2D eigenvalue weighted by atomic mass is 10.2. The number of anilines is 1. The van der Waals surface area contributed by atoms with Gasteiger partial charge in [-0.15, -0.1) is 11.3 Å². The zero-order chi connectivity index (χ0) is 16.9.